The van der Waals surface area contributed by atoms with E-state index in [0.29, 0.717) is 6.04 Å². The summed E-state index contributed by atoms with van der Waals surface area (Å²) in [6.45, 7) is 5.76. The van der Waals surface area contributed by atoms with Crippen LogP contribution in [0.5, 0.6) is 0 Å². The van der Waals surface area contributed by atoms with Crippen molar-refractivity contribution in [2.45, 2.75) is 19.1 Å². The first kappa shape index (κ1) is 15.9. The maximum atomic E-state index is 10.9. The number of likely N-dealkylation sites (N-methyl/N-ethyl adjacent to an activating group) is 1. The number of hydrogen-bond donors (Lipinski definition) is 1. The molecule has 0 radical (unpaired) electrons. The maximum Gasteiger partial charge on any atom is 0.231 e. The van der Waals surface area contributed by atoms with E-state index in [1.165, 1.54) is 5.56 Å². The molecule has 1 heterocycles. The minimum atomic E-state index is -0.303. The van der Waals surface area contributed by atoms with Gasteiger partial charge in [-0.05, 0) is 19.5 Å². The number of ether oxygens (including phenoxy) is 1. The van der Waals surface area contributed by atoms with Crippen LogP contribution in [0.25, 0.3) is 0 Å². The third-order valence-corrected chi connectivity index (χ3v) is 3.94. The van der Waals surface area contributed by atoms with Crippen LogP contribution in [0.4, 0.5) is 0 Å². The lowest BCUT2D eigenvalue weighted by molar-refractivity contribution is -0.119. The summed E-state index contributed by atoms with van der Waals surface area (Å²) in [4.78, 5) is 15.3. The molecule has 2 rings (SSSR count). The predicted octanol–water partition coefficient (Wildman–Crippen LogP) is 0.866. The molecule has 1 aromatic carbocycles. The number of primary amides is 1. The molecule has 1 aliphatic rings. The smallest absolute Gasteiger partial charge is 0.231 e. The molecule has 2 unspecified atom stereocenters. The van der Waals surface area contributed by atoms with Gasteiger partial charge in [-0.2, -0.15) is 0 Å². The van der Waals surface area contributed by atoms with E-state index in [-0.39, 0.29) is 18.6 Å². The summed E-state index contributed by atoms with van der Waals surface area (Å²) in [6.07, 6.45) is 0.120. The molecular formula is C16H25N3O2. The quantitative estimate of drug-likeness (QED) is 0.845. The van der Waals surface area contributed by atoms with Gasteiger partial charge in [0.05, 0.1) is 19.3 Å². The van der Waals surface area contributed by atoms with Gasteiger partial charge in [0, 0.05) is 25.7 Å². The Bertz CT molecular complexity index is 452. The van der Waals surface area contributed by atoms with E-state index in [0.717, 1.165) is 26.2 Å². The van der Waals surface area contributed by atoms with Crippen molar-refractivity contribution in [2.75, 3.05) is 39.8 Å². The summed E-state index contributed by atoms with van der Waals surface area (Å²) in [5, 5.41) is 0. The highest BCUT2D eigenvalue weighted by atomic mass is 16.5. The number of hydrogen-bond acceptors (Lipinski definition) is 4. The molecule has 0 spiro atoms. The van der Waals surface area contributed by atoms with Crippen LogP contribution in [0.15, 0.2) is 30.3 Å². The Kier molecular flexibility index (Phi) is 5.73. The number of benzene rings is 1. The minimum Gasteiger partial charge on any atom is -0.374 e. The summed E-state index contributed by atoms with van der Waals surface area (Å²) in [7, 11) is 1.90. The Morgan fingerprint density at radius 2 is 2.19 bits per heavy atom. The highest BCUT2D eigenvalue weighted by Gasteiger charge is 2.25. The van der Waals surface area contributed by atoms with Crippen LogP contribution in [0, 0.1) is 0 Å². The van der Waals surface area contributed by atoms with Gasteiger partial charge < -0.3 is 10.5 Å². The SMILES string of the molecule is CC(c1ccccc1)N1CCOC(CN(C)CC(N)=O)C1. The molecule has 0 saturated carbocycles. The summed E-state index contributed by atoms with van der Waals surface area (Å²) in [5.41, 5.74) is 6.54. The van der Waals surface area contributed by atoms with Crippen molar-refractivity contribution in [3.05, 3.63) is 35.9 Å². The van der Waals surface area contributed by atoms with Crippen LogP contribution in [0.3, 0.4) is 0 Å². The molecular weight excluding hydrogens is 266 g/mol. The van der Waals surface area contributed by atoms with Crippen LogP contribution in [-0.2, 0) is 9.53 Å². The van der Waals surface area contributed by atoms with Crippen molar-refractivity contribution in [3.63, 3.8) is 0 Å². The summed E-state index contributed by atoms with van der Waals surface area (Å²) in [5.74, 6) is -0.303. The van der Waals surface area contributed by atoms with Gasteiger partial charge in [-0.3, -0.25) is 14.6 Å². The second-order valence-corrected chi connectivity index (χ2v) is 5.74. The number of amides is 1. The van der Waals surface area contributed by atoms with Gasteiger partial charge in [0.2, 0.25) is 5.91 Å². The van der Waals surface area contributed by atoms with Gasteiger partial charge in [0.15, 0.2) is 0 Å². The second kappa shape index (κ2) is 7.54. The summed E-state index contributed by atoms with van der Waals surface area (Å²) >= 11 is 0. The number of rotatable bonds is 6. The third kappa shape index (κ3) is 4.81. The Morgan fingerprint density at radius 1 is 1.48 bits per heavy atom. The molecule has 1 amide bonds. The van der Waals surface area contributed by atoms with Gasteiger partial charge in [-0.1, -0.05) is 30.3 Å². The van der Waals surface area contributed by atoms with Crippen molar-refractivity contribution in [1.82, 2.24) is 9.80 Å². The van der Waals surface area contributed by atoms with E-state index < -0.39 is 0 Å². The van der Waals surface area contributed by atoms with E-state index in [4.69, 9.17) is 10.5 Å². The fraction of sp³-hybridized carbons (Fsp3) is 0.562. The van der Waals surface area contributed by atoms with Gasteiger partial charge in [-0.25, -0.2) is 0 Å². The fourth-order valence-corrected chi connectivity index (χ4v) is 2.82. The zero-order valence-corrected chi connectivity index (χ0v) is 12.9. The zero-order chi connectivity index (χ0) is 15.2. The number of morpholine rings is 1. The van der Waals surface area contributed by atoms with Crippen molar-refractivity contribution in [1.29, 1.82) is 0 Å². The first-order valence-corrected chi connectivity index (χ1v) is 7.43. The van der Waals surface area contributed by atoms with Crippen molar-refractivity contribution >= 4 is 5.91 Å². The molecule has 1 aromatic rings. The molecule has 5 heteroatoms. The van der Waals surface area contributed by atoms with Crippen LogP contribution >= 0.6 is 0 Å². The van der Waals surface area contributed by atoms with Crippen molar-refractivity contribution in [2.24, 2.45) is 5.73 Å². The van der Waals surface area contributed by atoms with Crippen LogP contribution in [0.2, 0.25) is 0 Å². The molecule has 21 heavy (non-hydrogen) atoms. The lowest BCUT2D eigenvalue weighted by Gasteiger charge is -2.38. The molecule has 116 valence electrons. The lowest BCUT2D eigenvalue weighted by atomic mass is 10.1. The van der Waals surface area contributed by atoms with Crippen LogP contribution in [0.1, 0.15) is 18.5 Å². The molecule has 1 saturated heterocycles. The Morgan fingerprint density at radius 3 is 2.86 bits per heavy atom. The molecule has 2 atom stereocenters. The second-order valence-electron chi connectivity index (χ2n) is 5.74. The molecule has 5 nitrogen and oxygen atoms in total. The average molecular weight is 291 g/mol. The Hall–Kier alpha value is -1.43. The van der Waals surface area contributed by atoms with Crippen LogP contribution in [-0.4, -0.2) is 61.6 Å². The zero-order valence-electron chi connectivity index (χ0n) is 12.9. The standard InChI is InChI=1S/C16H25N3O2/c1-13(14-6-4-3-5-7-14)19-8-9-21-15(11-19)10-18(2)12-16(17)20/h3-7,13,15H,8-12H2,1-2H3,(H2,17,20). The topological polar surface area (TPSA) is 58.8 Å². The Labute approximate surface area is 126 Å². The molecule has 2 N–H and O–H groups in total. The van der Waals surface area contributed by atoms with E-state index in [2.05, 4.69) is 36.1 Å². The fourth-order valence-electron chi connectivity index (χ4n) is 2.82. The van der Waals surface area contributed by atoms with Gasteiger partial charge >= 0.3 is 0 Å². The molecule has 1 fully saturated rings. The summed E-state index contributed by atoms with van der Waals surface area (Å²) in [6, 6.07) is 10.9. The third-order valence-electron chi connectivity index (χ3n) is 3.94. The van der Waals surface area contributed by atoms with E-state index >= 15 is 0 Å². The highest BCUT2D eigenvalue weighted by molar-refractivity contribution is 5.75. The minimum absolute atomic E-state index is 0.120. The van der Waals surface area contributed by atoms with E-state index in [1.807, 2.05) is 18.0 Å². The molecule has 1 aliphatic heterocycles. The maximum absolute atomic E-state index is 10.9. The van der Waals surface area contributed by atoms with E-state index in [9.17, 15) is 4.79 Å². The highest BCUT2D eigenvalue weighted by Crippen LogP contribution is 2.22. The predicted molar refractivity (Wildman–Crippen MR) is 82.9 cm³/mol. The van der Waals surface area contributed by atoms with Crippen molar-refractivity contribution < 1.29 is 9.53 Å². The molecule has 0 bridgehead atoms. The summed E-state index contributed by atoms with van der Waals surface area (Å²) < 4.78 is 5.81. The number of carbonyl (C=O) groups excluding carboxylic acids is 1. The normalized spacial score (nSPS) is 21.4. The number of nitrogens with two attached hydrogens (primary N) is 1. The number of carbonyl (C=O) groups is 1. The Balaban J connectivity index is 1.90. The van der Waals surface area contributed by atoms with Crippen LogP contribution < -0.4 is 5.73 Å². The first-order valence-electron chi connectivity index (χ1n) is 7.43. The molecule has 0 aromatic heterocycles. The van der Waals surface area contributed by atoms with E-state index in [1.54, 1.807) is 0 Å². The largest absolute Gasteiger partial charge is 0.374 e. The van der Waals surface area contributed by atoms with Gasteiger partial charge in [0.25, 0.3) is 0 Å². The van der Waals surface area contributed by atoms with Crippen molar-refractivity contribution in [3.8, 4) is 0 Å². The lowest BCUT2D eigenvalue weighted by Crippen LogP contribution is -2.48. The number of nitrogens with zero attached hydrogens (tertiary/aromatic N) is 2. The average Bonchev–Trinajstić information content (AvgIpc) is 2.46. The first-order chi connectivity index (χ1) is 10.1. The monoisotopic (exact) mass is 291 g/mol. The van der Waals surface area contributed by atoms with Gasteiger partial charge in [0.1, 0.15) is 0 Å². The van der Waals surface area contributed by atoms with Gasteiger partial charge in [-0.15, -0.1) is 0 Å². The molecule has 0 aliphatic carbocycles.